The summed E-state index contributed by atoms with van der Waals surface area (Å²) in [7, 11) is 0. The van der Waals surface area contributed by atoms with Crippen molar-refractivity contribution in [3.63, 3.8) is 0 Å². The lowest BCUT2D eigenvalue weighted by atomic mass is 10.9. The van der Waals surface area contributed by atoms with Crippen molar-refractivity contribution >= 4 is 28.9 Å². The molecule has 0 amide bonds. The first-order valence-electron chi connectivity index (χ1n) is 1.05. The fourth-order valence-electron chi connectivity index (χ4n) is 0. The summed E-state index contributed by atoms with van der Waals surface area (Å²) in [5, 5.41) is 7.98. The number of aliphatic hydroxyl groups is 1. The Kier molecular flexibility index (Phi) is 2.78. The van der Waals surface area contributed by atoms with Gasteiger partial charge in [0.05, 0.1) is 0 Å². The van der Waals surface area contributed by atoms with E-state index in [1.54, 1.807) is 22.6 Å². The van der Waals surface area contributed by atoms with Crippen LogP contribution in [-0.4, -0.2) is 15.5 Å². The fourth-order valence-corrected chi connectivity index (χ4v) is 0. The minimum atomic E-state index is -0.826. The van der Waals surface area contributed by atoms with Crippen LogP contribution < -0.4 is 0 Å². The van der Waals surface area contributed by atoms with Gasteiger partial charge in [-0.05, 0) is 22.6 Å². The summed E-state index contributed by atoms with van der Waals surface area (Å²) in [5.74, 6) is 0. The number of rotatable bonds is 1. The van der Waals surface area contributed by atoms with Crippen molar-refractivity contribution in [3.05, 3.63) is 0 Å². The molecular formula is C2H3IO2. The standard InChI is InChI=1S/C2H3IO2/c3-2(5)1-4/h1-2,5H. The summed E-state index contributed by atoms with van der Waals surface area (Å²) in [6.07, 6.45) is 0.459. The van der Waals surface area contributed by atoms with E-state index >= 15 is 0 Å². The van der Waals surface area contributed by atoms with Gasteiger partial charge in [0.15, 0.2) is 10.4 Å². The molecule has 0 spiro atoms. The van der Waals surface area contributed by atoms with Gasteiger partial charge in [-0.2, -0.15) is 0 Å². The fraction of sp³-hybridized carbons (Fsp3) is 0.500. The number of hydrogen-bond donors (Lipinski definition) is 1. The molecule has 0 aromatic rings. The quantitative estimate of drug-likeness (QED) is 0.353. The summed E-state index contributed by atoms with van der Waals surface area (Å²) < 4.78 is -0.826. The molecular weight excluding hydrogens is 183 g/mol. The molecule has 0 bridgehead atoms. The van der Waals surface area contributed by atoms with Crippen LogP contribution in [0.2, 0.25) is 0 Å². The Labute approximate surface area is 43.3 Å². The van der Waals surface area contributed by atoms with E-state index < -0.39 is 4.11 Å². The normalized spacial score (nSPS) is 14.0. The minimum absolute atomic E-state index is 0.459. The van der Waals surface area contributed by atoms with E-state index in [0.717, 1.165) is 0 Å². The number of aldehydes is 1. The average molecular weight is 186 g/mol. The van der Waals surface area contributed by atoms with Crippen molar-refractivity contribution in [3.8, 4) is 0 Å². The van der Waals surface area contributed by atoms with Crippen molar-refractivity contribution in [1.29, 1.82) is 0 Å². The van der Waals surface area contributed by atoms with Gasteiger partial charge in [0.2, 0.25) is 0 Å². The Morgan fingerprint density at radius 3 is 2.20 bits per heavy atom. The first kappa shape index (κ1) is 5.36. The number of halogens is 1. The van der Waals surface area contributed by atoms with E-state index in [9.17, 15) is 4.79 Å². The Balaban J connectivity index is 2.83. The highest BCUT2D eigenvalue weighted by atomic mass is 127. The minimum Gasteiger partial charge on any atom is -0.375 e. The van der Waals surface area contributed by atoms with Gasteiger partial charge in [0, 0.05) is 0 Å². The molecule has 1 N–H and O–H groups in total. The van der Waals surface area contributed by atoms with Crippen LogP contribution in [0.5, 0.6) is 0 Å². The number of carbonyl (C=O) groups excluding carboxylic acids is 1. The molecule has 0 aromatic carbocycles. The summed E-state index contributed by atoms with van der Waals surface area (Å²) in [6, 6.07) is 0. The monoisotopic (exact) mass is 186 g/mol. The Morgan fingerprint density at radius 1 is 2.00 bits per heavy atom. The molecule has 3 heteroatoms. The second-order valence-corrected chi connectivity index (χ2v) is 1.78. The highest BCUT2D eigenvalue weighted by Crippen LogP contribution is 1.84. The second-order valence-electron chi connectivity index (χ2n) is 0.509. The van der Waals surface area contributed by atoms with E-state index in [2.05, 4.69) is 0 Å². The van der Waals surface area contributed by atoms with Gasteiger partial charge in [-0.3, -0.25) is 4.79 Å². The first-order valence-corrected chi connectivity index (χ1v) is 2.29. The van der Waals surface area contributed by atoms with Crippen LogP contribution in [0.15, 0.2) is 0 Å². The largest absolute Gasteiger partial charge is 0.375 e. The third-order valence-corrected chi connectivity index (χ3v) is 0.406. The van der Waals surface area contributed by atoms with Crippen LogP contribution >= 0.6 is 22.6 Å². The van der Waals surface area contributed by atoms with Gasteiger partial charge in [0.1, 0.15) is 0 Å². The first-order chi connectivity index (χ1) is 2.27. The maximum Gasteiger partial charge on any atom is 0.160 e. The van der Waals surface area contributed by atoms with Gasteiger partial charge in [-0.25, -0.2) is 0 Å². The number of aliphatic hydroxyl groups excluding tert-OH is 1. The SMILES string of the molecule is O=CC(O)I. The van der Waals surface area contributed by atoms with Crippen LogP contribution in [0.25, 0.3) is 0 Å². The van der Waals surface area contributed by atoms with Crippen molar-refractivity contribution in [2.45, 2.75) is 4.11 Å². The molecule has 0 radical (unpaired) electrons. The molecule has 0 aliphatic heterocycles. The van der Waals surface area contributed by atoms with Crippen LogP contribution in [-0.2, 0) is 4.79 Å². The molecule has 0 aliphatic rings. The van der Waals surface area contributed by atoms with E-state index in [-0.39, 0.29) is 0 Å². The van der Waals surface area contributed by atoms with Crippen molar-refractivity contribution < 1.29 is 9.90 Å². The molecule has 0 fully saturated rings. The predicted octanol–water partition coefficient (Wildman–Crippen LogP) is -0.0613. The molecule has 5 heavy (non-hydrogen) atoms. The van der Waals surface area contributed by atoms with Crippen molar-refractivity contribution in [2.24, 2.45) is 0 Å². The summed E-state index contributed by atoms with van der Waals surface area (Å²) in [5.41, 5.74) is 0. The zero-order chi connectivity index (χ0) is 4.28. The lowest BCUT2D eigenvalue weighted by Gasteiger charge is -1.77. The van der Waals surface area contributed by atoms with E-state index in [4.69, 9.17) is 5.11 Å². The molecule has 0 saturated heterocycles. The van der Waals surface area contributed by atoms with Crippen LogP contribution in [0, 0.1) is 0 Å². The third-order valence-electron chi connectivity index (χ3n) is 0.112. The van der Waals surface area contributed by atoms with E-state index in [0.29, 0.717) is 6.29 Å². The van der Waals surface area contributed by atoms with Gasteiger partial charge < -0.3 is 5.11 Å². The zero-order valence-corrected chi connectivity index (χ0v) is 4.55. The molecule has 1 unspecified atom stereocenters. The highest BCUT2D eigenvalue weighted by molar-refractivity contribution is 14.1. The van der Waals surface area contributed by atoms with Gasteiger partial charge in [0.25, 0.3) is 0 Å². The molecule has 30 valence electrons. The maximum atomic E-state index is 9.25. The molecule has 0 rings (SSSR count). The van der Waals surface area contributed by atoms with Gasteiger partial charge >= 0.3 is 0 Å². The van der Waals surface area contributed by atoms with Gasteiger partial charge in [-0.1, -0.05) is 0 Å². The Hall–Kier alpha value is 0.360. The van der Waals surface area contributed by atoms with E-state index in [1.807, 2.05) is 0 Å². The molecule has 0 heterocycles. The number of carbonyl (C=O) groups is 1. The Bertz CT molecular complexity index is 34.6. The Morgan fingerprint density at radius 2 is 2.20 bits per heavy atom. The third kappa shape index (κ3) is 4.36. The molecule has 2 nitrogen and oxygen atoms in total. The molecule has 0 aromatic heterocycles. The van der Waals surface area contributed by atoms with Crippen LogP contribution in [0.1, 0.15) is 0 Å². The van der Waals surface area contributed by atoms with Crippen molar-refractivity contribution in [1.82, 2.24) is 0 Å². The van der Waals surface area contributed by atoms with Crippen LogP contribution in [0.3, 0.4) is 0 Å². The summed E-state index contributed by atoms with van der Waals surface area (Å²) in [6.45, 7) is 0. The molecule has 0 aliphatic carbocycles. The number of hydrogen-bond acceptors (Lipinski definition) is 2. The zero-order valence-electron chi connectivity index (χ0n) is 2.39. The highest BCUT2D eigenvalue weighted by Gasteiger charge is 1.84. The van der Waals surface area contributed by atoms with Gasteiger partial charge in [-0.15, -0.1) is 0 Å². The molecule has 0 saturated carbocycles. The smallest absolute Gasteiger partial charge is 0.160 e. The lowest BCUT2D eigenvalue weighted by molar-refractivity contribution is -0.110. The predicted molar refractivity (Wildman–Crippen MR) is 26.1 cm³/mol. The average Bonchev–Trinajstić information content (AvgIpc) is 1.38. The molecule has 1 atom stereocenters. The van der Waals surface area contributed by atoms with Crippen molar-refractivity contribution in [2.75, 3.05) is 0 Å². The summed E-state index contributed by atoms with van der Waals surface area (Å²) in [4.78, 5) is 9.25. The lowest BCUT2D eigenvalue weighted by Crippen LogP contribution is -1.91. The number of alkyl halides is 1. The topological polar surface area (TPSA) is 37.3 Å². The second kappa shape index (κ2) is 2.59. The van der Waals surface area contributed by atoms with E-state index in [1.165, 1.54) is 0 Å². The maximum absolute atomic E-state index is 9.25. The van der Waals surface area contributed by atoms with Crippen LogP contribution in [0.4, 0.5) is 0 Å². The summed E-state index contributed by atoms with van der Waals surface area (Å²) >= 11 is 1.59.